The maximum Gasteiger partial charge on any atom is 0.302 e. The fourth-order valence-electron chi connectivity index (χ4n) is 4.98. The third kappa shape index (κ3) is 4.26. The number of benzene rings is 1. The van der Waals surface area contributed by atoms with Gasteiger partial charge in [-0.1, -0.05) is 30.2 Å². The summed E-state index contributed by atoms with van der Waals surface area (Å²) in [6.07, 6.45) is 4.82. The van der Waals surface area contributed by atoms with E-state index in [1.54, 1.807) is 14.2 Å². The Balaban J connectivity index is 1.91. The van der Waals surface area contributed by atoms with Crippen molar-refractivity contribution in [3.63, 3.8) is 0 Å². The van der Waals surface area contributed by atoms with E-state index < -0.39 is 0 Å². The molecule has 1 saturated carbocycles. The smallest absolute Gasteiger partial charge is 0.302 e. The zero-order valence-electron chi connectivity index (χ0n) is 17.5. The second kappa shape index (κ2) is 9.10. The van der Waals surface area contributed by atoms with Crippen LogP contribution in [0.25, 0.3) is 0 Å². The number of ether oxygens (including phenoxy) is 4. The lowest BCUT2D eigenvalue weighted by Crippen LogP contribution is -2.36. The van der Waals surface area contributed by atoms with E-state index >= 15 is 0 Å². The summed E-state index contributed by atoms with van der Waals surface area (Å²) >= 11 is 0. The number of hydrogen-bond acceptors (Lipinski definition) is 5. The topological polar surface area (TPSA) is 54.0 Å². The molecule has 0 N–H and O–H groups in total. The molecule has 3 atom stereocenters. The predicted octanol–water partition coefficient (Wildman–Crippen LogP) is 4.61. The molecule has 0 radical (unpaired) electrons. The lowest BCUT2D eigenvalue weighted by atomic mass is 9.66. The average molecular weight is 389 g/mol. The minimum absolute atomic E-state index is 0.0216. The highest BCUT2D eigenvalue weighted by atomic mass is 16.7. The molecule has 0 spiro atoms. The Labute approximate surface area is 168 Å². The van der Waals surface area contributed by atoms with E-state index in [1.807, 2.05) is 12.1 Å². The van der Waals surface area contributed by atoms with Gasteiger partial charge in [-0.3, -0.25) is 4.79 Å². The van der Waals surface area contributed by atoms with Gasteiger partial charge in [-0.2, -0.15) is 0 Å². The van der Waals surface area contributed by atoms with Gasteiger partial charge in [-0.25, -0.2) is 0 Å². The second-order valence-electron chi connectivity index (χ2n) is 7.99. The minimum Gasteiger partial charge on any atom is -0.497 e. The third-order valence-electron chi connectivity index (χ3n) is 6.36. The molecule has 1 fully saturated rings. The van der Waals surface area contributed by atoms with E-state index in [4.69, 9.17) is 18.9 Å². The van der Waals surface area contributed by atoms with Crippen molar-refractivity contribution in [1.29, 1.82) is 0 Å². The first-order valence-electron chi connectivity index (χ1n) is 10.1. The number of carbonyl (C=O) groups excluding carboxylic acids is 1. The number of rotatable bonds is 8. The predicted molar refractivity (Wildman–Crippen MR) is 107 cm³/mol. The van der Waals surface area contributed by atoms with Crippen molar-refractivity contribution in [2.75, 3.05) is 27.6 Å². The van der Waals surface area contributed by atoms with Gasteiger partial charge >= 0.3 is 5.97 Å². The largest absolute Gasteiger partial charge is 0.497 e. The average Bonchev–Trinajstić information content (AvgIpc) is 3.01. The molecular formula is C23H32O5. The number of fused-ring (bicyclic) bond motifs is 1. The first kappa shape index (κ1) is 20.9. The summed E-state index contributed by atoms with van der Waals surface area (Å²) in [7, 11) is 3.33. The number of hydrogen-bond donors (Lipinski definition) is 0. The van der Waals surface area contributed by atoms with Crippen LogP contribution < -0.4 is 4.74 Å². The van der Waals surface area contributed by atoms with Crippen LogP contribution in [-0.4, -0.2) is 39.7 Å². The normalized spacial score (nSPS) is 26.9. The Morgan fingerprint density at radius 1 is 1.18 bits per heavy atom. The fourth-order valence-corrected chi connectivity index (χ4v) is 4.98. The van der Waals surface area contributed by atoms with Gasteiger partial charge in [0.1, 0.15) is 18.6 Å². The van der Waals surface area contributed by atoms with Crippen molar-refractivity contribution in [2.24, 2.45) is 5.41 Å². The van der Waals surface area contributed by atoms with Gasteiger partial charge in [0, 0.05) is 25.4 Å². The van der Waals surface area contributed by atoms with Crippen LogP contribution in [0.4, 0.5) is 0 Å². The Morgan fingerprint density at radius 3 is 2.57 bits per heavy atom. The van der Waals surface area contributed by atoms with Gasteiger partial charge in [-0.05, 0) is 49.8 Å². The summed E-state index contributed by atoms with van der Waals surface area (Å²) in [5.74, 6) is 1.06. The van der Waals surface area contributed by atoms with Crippen LogP contribution in [0, 0.1) is 5.41 Å². The number of esters is 1. The van der Waals surface area contributed by atoms with E-state index in [1.165, 1.54) is 23.6 Å². The highest BCUT2D eigenvalue weighted by Crippen LogP contribution is 2.56. The summed E-state index contributed by atoms with van der Waals surface area (Å²) < 4.78 is 21.7. The summed E-state index contributed by atoms with van der Waals surface area (Å²) in [6, 6.07) is 8.40. The zero-order valence-corrected chi connectivity index (χ0v) is 17.5. The molecule has 1 aromatic rings. The molecular weight excluding hydrogens is 356 g/mol. The Morgan fingerprint density at radius 2 is 1.93 bits per heavy atom. The van der Waals surface area contributed by atoms with E-state index in [9.17, 15) is 4.79 Å². The maximum absolute atomic E-state index is 11.6. The van der Waals surface area contributed by atoms with Crippen LogP contribution in [0.15, 0.2) is 35.4 Å². The lowest BCUT2D eigenvalue weighted by molar-refractivity contribution is -0.150. The molecule has 0 heterocycles. The molecule has 2 aliphatic carbocycles. The third-order valence-corrected chi connectivity index (χ3v) is 6.36. The molecule has 154 valence electrons. The lowest BCUT2D eigenvalue weighted by Gasteiger charge is -2.41. The minimum atomic E-state index is -0.185. The molecule has 0 aromatic heterocycles. The van der Waals surface area contributed by atoms with Crippen LogP contribution >= 0.6 is 0 Å². The van der Waals surface area contributed by atoms with Crippen LogP contribution in [-0.2, 0) is 19.0 Å². The van der Waals surface area contributed by atoms with Crippen LogP contribution in [0.2, 0.25) is 0 Å². The molecule has 0 aliphatic heterocycles. The van der Waals surface area contributed by atoms with E-state index in [-0.39, 0.29) is 17.5 Å². The molecule has 3 rings (SSSR count). The van der Waals surface area contributed by atoms with Crippen molar-refractivity contribution >= 4 is 5.97 Å². The van der Waals surface area contributed by atoms with Crippen LogP contribution in [0.5, 0.6) is 5.75 Å². The van der Waals surface area contributed by atoms with Crippen LogP contribution in [0.3, 0.4) is 0 Å². The zero-order chi connectivity index (χ0) is 20.1. The second-order valence-corrected chi connectivity index (χ2v) is 7.99. The fraction of sp³-hybridized carbons (Fsp3) is 0.609. The summed E-state index contributed by atoms with van der Waals surface area (Å²) in [5, 5.41) is 0. The van der Waals surface area contributed by atoms with Gasteiger partial charge < -0.3 is 18.9 Å². The van der Waals surface area contributed by atoms with Crippen molar-refractivity contribution < 1.29 is 23.7 Å². The molecule has 0 saturated heterocycles. The first-order chi connectivity index (χ1) is 13.5. The number of carbonyl (C=O) groups is 1. The molecule has 0 unspecified atom stereocenters. The van der Waals surface area contributed by atoms with Crippen molar-refractivity contribution in [1.82, 2.24) is 0 Å². The molecule has 0 amide bonds. The molecule has 5 heteroatoms. The standard InChI is InChI=1S/C23H32O5/c1-16(24)28-22-10-9-21-20(12-14-27-15-25-3)19(11-13-23(21,22)2)17-5-7-18(26-4)8-6-17/h5-8,19,22H,9-15H2,1-4H3/t19-,22+,23+/m1/s1. The van der Waals surface area contributed by atoms with Gasteiger partial charge in [0.25, 0.3) is 0 Å². The Bertz CT molecular complexity index is 708. The Kier molecular flexibility index (Phi) is 6.78. The van der Waals surface area contributed by atoms with E-state index in [0.29, 0.717) is 19.3 Å². The summed E-state index contributed by atoms with van der Waals surface area (Å²) in [6.45, 7) is 4.72. The maximum atomic E-state index is 11.6. The van der Waals surface area contributed by atoms with Crippen molar-refractivity contribution in [3.8, 4) is 5.75 Å². The molecule has 28 heavy (non-hydrogen) atoms. The first-order valence-corrected chi connectivity index (χ1v) is 10.1. The monoisotopic (exact) mass is 388 g/mol. The van der Waals surface area contributed by atoms with E-state index in [0.717, 1.165) is 37.9 Å². The van der Waals surface area contributed by atoms with E-state index in [2.05, 4.69) is 19.1 Å². The highest BCUT2D eigenvalue weighted by Gasteiger charge is 2.49. The molecule has 2 aliphatic rings. The van der Waals surface area contributed by atoms with Crippen molar-refractivity contribution in [2.45, 2.75) is 58.0 Å². The van der Waals surface area contributed by atoms with Gasteiger partial charge in [-0.15, -0.1) is 0 Å². The van der Waals surface area contributed by atoms with Gasteiger partial charge in [0.15, 0.2) is 0 Å². The quantitative estimate of drug-likeness (QED) is 0.282. The van der Waals surface area contributed by atoms with Crippen LogP contribution in [0.1, 0.15) is 57.4 Å². The summed E-state index contributed by atoms with van der Waals surface area (Å²) in [4.78, 5) is 11.6. The highest BCUT2D eigenvalue weighted by molar-refractivity contribution is 5.66. The van der Waals surface area contributed by atoms with Crippen molar-refractivity contribution in [3.05, 3.63) is 41.0 Å². The van der Waals surface area contributed by atoms with Gasteiger partial charge in [0.05, 0.1) is 13.7 Å². The SMILES string of the molecule is COCOCCC1=C2CC[C@H](OC(C)=O)[C@@]2(C)CC[C@@H]1c1ccc(OC)cc1. The molecule has 1 aromatic carbocycles. The van der Waals surface area contributed by atoms with Gasteiger partial charge in [0.2, 0.25) is 0 Å². The number of methoxy groups -OCH3 is 2. The Hall–Kier alpha value is -1.85. The molecule has 5 nitrogen and oxygen atoms in total. The summed E-state index contributed by atoms with van der Waals surface area (Å²) in [5.41, 5.74) is 4.16. The molecule has 0 bridgehead atoms.